The molecule has 1 aromatic carbocycles. The SMILES string of the molecule is CCc1ccc(CN2CCC[C@H]2c2cc3nc(C)c(CCC(=O)NC4CC4)c(C)n3n2)cc1. The van der Waals surface area contributed by atoms with E-state index in [4.69, 9.17) is 10.1 Å². The predicted octanol–water partition coefficient (Wildman–Crippen LogP) is 4.46. The molecule has 5 rings (SSSR count). The molecule has 6 heteroatoms. The van der Waals surface area contributed by atoms with Gasteiger partial charge in [0.25, 0.3) is 0 Å². The Morgan fingerprint density at radius 3 is 2.61 bits per heavy atom. The van der Waals surface area contributed by atoms with Gasteiger partial charge in [0, 0.05) is 36.5 Å². The number of amides is 1. The van der Waals surface area contributed by atoms with Crippen LogP contribution in [-0.4, -0.2) is 38.0 Å². The van der Waals surface area contributed by atoms with Gasteiger partial charge in [-0.2, -0.15) is 5.10 Å². The molecule has 33 heavy (non-hydrogen) atoms. The van der Waals surface area contributed by atoms with E-state index in [2.05, 4.69) is 61.3 Å². The van der Waals surface area contributed by atoms with Gasteiger partial charge < -0.3 is 5.32 Å². The number of fused-ring (bicyclic) bond motifs is 1. The van der Waals surface area contributed by atoms with Gasteiger partial charge in [-0.15, -0.1) is 0 Å². The summed E-state index contributed by atoms with van der Waals surface area (Å²) in [5.41, 5.74) is 8.01. The number of benzene rings is 1. The Labute approximate surface area is 196 Å². The Bertz CT molecular complexity index is 1150. The molecule has 1 saturated carbocycles. The summed E-state index contributed by atoms with van der Waals surface area (Å²) < 4.78 is 1.99. The van der Waals surface area contributed by atoms with Crippen LogP contribution in [-0.2, 0) is 24.2 Å². The van der Waals surface area contributed by atoms with Crippen LogP contribution in [0, 0.1) is 13.8 Å². The van der Waals surface area contributed by atoms with Crippen LogP contribution in [0.15, 0.2) is 30.3 Å². The maximum Gasteiger partial charge on any atom is 0.220 e. The smallest absolute Gasteiger partial charge is 0.220 e. The monoisotopic (exact) mass is 445 g/mol. The van der Waals surface area contributed by atoms with Gasteiger partial charge >= 0.3 is 0 Å². The lowest BCUT2D eigenvalue weighted by Crippen LogP contribution is -2.25. The Morgan fingerprint density at radius 1 is 1.12 bits per heavy atom. The van der Waals surface area contributed by atoms with Crippen molar-refractivity contribution in [2.75, 3.05) is 6.54 Å². The molecule has 0 spiro atoms. The number of aromatic nitrogens is 3. The molecule has 2 aromatic heterocycles. The third kappa shape index (κ3) is 4.81. The minimum Gasteiger partial charge on any atom is -0.353 e. The minimum absolute atomic E-state index is 0.145. The Balaban J connectivity index is 1.34. The highest BCUT2D eigenvalue weighted by Crippen LogP contribution is 2.33. The van der Waals surface area contributed by atoms with Crippen molar-refractivity contribution in [1.29, 1.82) is 0 Å². The van der Waals surface area contributed by atoms with Crippen molar-refractivity contribution >= 4 is 11.6 Å². The first kappa shape index (κ1) is 22.1. The summed E-state index contributed by atoms with van der Waals surface area (Å²) in [6, 6.07) is 11.9. The van der Waals surface area contributed by atoms with Crippen LogP contribution in [0.3, 0.4) is 0 Å². The minimum atomic E-state index is 0.145. The molecular formula is C27H35N5O. The molecular weight excluding hydrogens is 410 g/mol. The van der Waals surface area contributed by atoms with Crippen LogP contribution in [0.5, 0.6) is 0 Å². The highest BCUT2D eigenvalue weighted by atomic mass is 16.1. The standard InChI is InChI=1S/C27H35N5O/c1-4-20-7-9-21(10-8-20)17-31-15-5-6-25(31)24-16-26-28-18(2)23(19(3)32(26)30-24)13-14-27(33)29-22-11-12-22/h7-10,16,22,25H,4-6,11-15,17H2,1-3H3,(H,29,33)/t25-/m0/s1. The fourth-order valence-electron chi connectivity index (χ4n) is 5.10. The quantitative estimate of drug-likeness (QED) is 0.556. The first-order chi connectivity index (χ1) is 16.0. The summed E-state index contributed by atoms with van der Waals surface area (Å²) >= 11 is 0. The van der Waals surface area contributed by atoms with Crippen LogP contribution in [0.1, 0.15) is 78.8 Å². The van der Waals surface area contributed by atoms with E-state index in [9.17, 15) is 4.79 Å². The summed E-state index contributed by atoms with van der Waals surface area (Å²) in [5.74, 6) is 0.145. The van der Waals surface area contributed by atoms with Crippen LogP contribution in [0.4, 0.5) is 0 Å². The summed E-state index contributed by atoms with van der Waals surface area (Å²) in [6.07, 6.45) is 6.85. The number of hydrogen-bond donors (Lipinski definition) is 1. The average Bonchev–Trinajstić information content (AvgIpc) is 3.32. The zero-order valence-corrected chi connectivity index (χ0v) is 20.1. The van der Waals surface area contributed by atoms with Crippen molar-refractivity contribution < 1.29 is 4.79 Å². The van der Waals surface area contributed by atoms with E-state index < -0.39 is 0 Å². The van der Waals surface area contributed by atoms with Crippen LogP contribution < -0.4 is 5.32 Å². The maximum absolute atomic E-state index is 12.2. The lowest BCUT2D eigenvalue weighted by Gasteiger charge is -2.23. The number of likely N-dealkylation sites (tertiary alicyclic amines) is 1. The third-order valence-corrected chi connectivity index (χ3v) is 7.25. The van der Waals surface area contributed by atoms with Crippen molar-refractivity contribution in [2.45, 2.75) is 84.3 Å². The fourth-order valence-corrected chi connectivity index (χ4v) is 5.10. The number of carbonyl (C=O) groups is 1. The number of aryl methyl sites for hydroxylation is 3. The number of rotatable bonds is 8. The lowest BCUT2D eigenvalue weighted by atomic mass is 10.1. The van der Waals surface area contributed by atoms with Gasteiger partial charge in [0.15, 0.2) is 5.65 Å². The highest BCUT2D eigenvalue weighted by molar-refractivity contribution is 5.76. The van der Waals surface area contributed by atoms with Crippen molar-refractivity contribution in [3.8, 4) is 0 Å². The second kappa shape index (κ2) is 9.26. The predicted molar refractivity (Wildman–Crippen MR) is 130 cm³/mol. The number of carbonyl (C=O) groups excluding carboxylic acids is 1. The molecule has 1 aliphatic heterocycles. The maximum atomic E-state index is 12.2. The second-order valence-corrected chi connectivity index (χ2v) is 9.74. The van der Waals surface area contributed by atoms with Crippen LogP contribution >= 0.6 is 0 Å². The molecule has 0 bridgehead atoms. The van der Waals surface area contributed by atoms with E-state index in [1.807, 2.05) is 4.52 Å². The van der Waals surface area contributed by atoms with E-state index in [0.29, 0.717) is 24.9 Å². The van der Waals surface area contributed by atoms with Gasteiger partial charge in [-0.25, -0.2) is 9.50 Å². The number of hydrogen-bond acceptors (Lipinski definition) is 4. The normalized spacial score (nSPS) is 18.8. The van der Waals surface area contributed by atoms with Gasteiger partial charge in [0.2, 0.25) is 5.91 Å². The zero-order chi connectivity index (χ0) is 22.9. The van der Waals surface area contributed by atoms with Gasteiger partial charge in [0.05, 0.1) is 11.7 Å². The van der Waals surface area contributed by atoms with E-state index >= 15 is 0 Å². The molecule has 1 saturated heterocycles. The third-order valence-electron chi connectivity index (χ3n) is 7.25. The van der Waals surface area contributed by atoms with Crippen LogP contribution in [0.25, 0.3) is 5.65 Å². The highest BCUT2D eigenvalue weighted by Gasteiger charge is 2.29. The molecule has 1 aliphatic carbocycles. The van der Waals surface area contributed by atoms with E-state index in [0.717, 1.165) is 67.1 Å². The van der Waals surface area contributed by atoms with E-state index in [1.165, 1.54) is 17.5 Å². The second-order valence-electron chi connectivity index (χ2n) is 9.74. The first-order valence-electron chi connectivity index (χ1n) is 12.5. The zero-order valence-electron chi connectivity index (χ0n) is 20.1. The van der Waals surface area contributed by atoms with Crippen molar-refractivity contribution in [2.24, 2.45) is 0 Å². The molecule has 6 nitrogen and oxygen atoms in total. The van der Waals surface area contributed by atoms with Gasteiger partial charge in [-0.1, -0.05) is 31.2 Å². The molecule has 3 heterocycles. The van der Waals surface area contributed by atoms with Crippen molar-refractivity contribution in [3.05, 3.63) is 64.1 Å². The molecule has 3 aromatic rings. The topological polar surface area (TPSA) is 62.5 Å². The van der Waals surface area contributed by atoms with E-state index in [1.54, 1.807) is 0 Å². The largest absolute Gasteiger partial charge is 0.353 e. The van der Waals surface area contributed by atoms with E-state index in [-0.39, 0.29) is 5.91 Å². The molecule has 174 valence electrons. The summed E-state index contributed by atoms with van der Waals surface area (Å²) in [6.45, 7) is 8.40. The molecule has 2 fully saturated rings. The molecule has 2 aliphatic rings. The Kier molecular flexibility index (Phi) is 6.19. The molecule has 0 unspecified atom stereocenters. The Hall–Kier alpha value is -2.73. The number of nitrogens with zero attached hydrogens (tertiary/aromatic N) is 4. The number of nitrogens with one attached hydrogen (secondary N) is 1. The molecule has 0 radical (unpaired) electrons. The summed E-state index contributed by atoms with van der Waals surface area (Å²) in [5, 5.41) is 8.10. The Morgan fingerprint density at radius 2 is 1.88 bits per heavy atom. The van der Waals surface area contributed by atoms with Crippen molar-refractivity contribution in [3.63, 3.8) is 0 Å². The first-order valence-corrected chi connectivity index (χ1v) is 12.5. The fraction of sp³-hybridized carbons (Fsp3) is 0.519. The van der Waals surface area contributed by atoms with Crippen molar-refractivity contribution in [1.82, 2.24) is 24.8 Å². The van der Waals surface area contributed by atoms with Crippen LogP contribution in [0.2, 0.25) is 0 Å². The van der Waals surface area contributed by atoms with Gasteiger partial charge in [-0.05, 0) is 75.6 Å². The summed E-state index contributed by atoms with van der Waals surface area (Å²) in [7, 11) is 0. The average molecular weight is 446 g/mol. The van der Waals surface area contributed by atoms with Gasteiger partial charge in [-0.3, -0.25) is 9.69 Å². The lowest BCUT2D eigenvalue weighted by molar-refractivity contribution is -0.121. The van der Waals surface area contributed by atoms with Gasteiger partial charge in [0.1, 0.15) is 0 Å². The molecule has 1 N–H and O–H groups in total. The summed E-state index contributed by atoms with van der Waals surface area (Å²) in [4.78, 5) is 19.6. The molecule has 1 amide bonds. The molecule has 1 atom stereocenters.